The Labute approximate surface area is 144 Å². The molecule has 6 heteroatoms. The minimum absolute atomic E-state index is 0.0966. The molecule has 1 amide bonds. The molecule has 0 heterocycles. The van der Waals surface area contributed by atoms with Gasteiger partial charge in [0.05, 0.1) is 6.42 Å². The highest BCUT2D eigenvalue weighted by atomic mass is 19.1. The zero-order valence-electron chi connectivity index (χ0n) is 14.0. The summed E-state index contributed by atoms with van der Waals surface area (Å²) in [5, 5.41) is 11.7. The van der Waals surface area contributed by atoms with Crippen LogP contribution in [0.25, 0.3) is 0 Å². The molecule has 0 saturated heterocycles. The molecule has 2 aromatic rings. The van der Waals surface area contributed by atoms with Gasteiger partial charge in [-0.1, -0.05) is 24.3 Å². The van der Waals surface area contributed by atoms with Crippen molar-refractivity contribution in [2.24, 2.45) is 0 Å². The van der Waals surface area contributed by atoms with E-state index in [1.54, 1.807) is 0 Å². The third kappa shape index (κ3) is 4.62. The van der Waals surface area contributed by atoms with Gasteiger partial charge in [0.15, 0.2) is 0 Å². The monoisotopic (exact) mass is 347 g/mol. The van der Waals surface area contributed by atoms with Crippen LogP contribution in [0, 0.1) is 25.5 Å². The van der Waals surface area contributed by atoms with E-state index in [9.17, 15) is 23.5 Å². The van der Waals surface area contributed by atoms with Crippen LogP contribution in [-0.2, 0) is 22.4 Å². The van der Waals surface area contributed by atoms with Gasteiger partial charge in [0.2, 0.25) is 5.91 Å². The normalized spacial score (nSPS) is 11.8. The fraction of sp³-hybridized carbons (Fsp3) is 0.263. The molecule has 0 aliphatic rings. The molecule has 0 bridgehead atoms. The van der Waals surface area contributed by atoms with Crippen molar-refractivity contribution in [2.75, 3.05) is 0 Å². The van der Waals surface area contributed by atoms with Crippen molar-refractivity contribution in [3.63, 3.8) is 0 Å². The van der Waals surface area contributed by atoms with Crippen molar-refractivity contribution in [1.29, 1.82) is 0 Å². The van der Waals surface area contributed by atoms with Crippen LogP contribution >= 0.6 is 0 Å². The quantitative estimate of drug-likeness (QED) is 0.844. The number of rotatable bonds is 6. The molecule has 0 fully saturated rings. The van der Waals surface area contributed by atoms with Gasteiger partial charge in [-0.15, -0.1) is 0 Å². The zero-order chi connectivity index (χ0) is 18.6. The number of hydrogen-bond acceptors (Lipinski definition) is 2. The maximum atomic E-state index is 13.6. The van der Waals surface area contributed by atoms with Crippen molar-refractivity contribution in [3.05, 3.63) is 70.3 Å². The van der Waals surface area contributed by atoms with Crippen molar-refractivity contribution in [2.45, 2.75) is 32.7 Å². The van der Waals surface area contributed by atoms with Crippen LogP contribution in [0.4, 0.5) is 8.78 Å². The third-order valence-corrected chi connectivity index (χ3v) is 4.09. The number of benzene rings is 2. The molecule has 1 atom stereocenters. The minimum atomic E-state index is -1.20. The summed E-state index contributed by atoms with van der Waals surface area (Å²) in [5.74, 6) is -3.62. The Bertz CT molecular complexity index is 765. The fourth-order valence-corrected chi connectivity index (χ4v) is 2.68. The van der Waals surface area contributed by atoms with E-state index in [1.807, 2.05) is 32.0 Å². The third-order valence-electron chi connectivity index (χ3n) is 4.09. The first-order chi connectivity index (χ1) is 11.8. The van der Waals surface area contributed by atoms with Gasteiger partial charge in [-0.25, -0.2) is 13.6 Å². The van der Waals surface area contributed by atoms with Crippen LogP contribution in [0.5, 0.6) is 0 Å². The second-order valence-electron chi connectivity index (χ2n) is 5.91. The zero-order valence-corrected chi connectivity index (χ0v) is 14.0. The predicted octanol–water partition coefficient (Wildman–Crippen LogP) is 2.94. The molecule has 0 aliphatic carbocycles. The minimum Gasteiger partial charge on any atom is -0.480 e. The largest absolute Gasteiger partial charge is 0.480 e. The van der Waals surface area contributed by atoms with Gasteiger partial charge in [0.25, 0.3) is 0 Å². The summed E-state index contributed by atoms with van der Waals surface area (Å²) in [6.07, 6.45) is -0.464. The standard InChI is InChI=1S/C19H19F2NO3/c1-11-5-3-6-12(2)13(11)9-17(19(24)25)22-18(23)10-14-15(20)7-4-8-16(14)21/h3-8,17H,9-10H2,1-2H3,(H,22,23)(H,24,25)/t17-/m1/s1. The highest BCUT2D eigenvalue weighted by Gasteiger charge is 2.23. The van der Waals surface area contributed by atoms with Crippen molar-refractivity contribution >= 4 is 11.9 Å². The average Bonchev–Trinajstić information content (AvgIpc) is 2.53. The van der Waals surface area contributed by atoms with E-state index in [2.05, 4.69) is 5.32 Å². The van der Waals surface area contributed by atoms with Crippen molar-refractivity contribution in [3.8, 4) is 0 Å². The van der Waals surface area contributed by atoms with Crippen LogP contribution in [0.3, 0.4) is 0 Å². The maximum Gasteiger partial charge on any atom is 0.326 e. The SMILES string of the molecule is Cc1cccc(C)c1C[C@@H](NC(=O)Cc1c(F)cccc1F)C(=O)O. The molecule has 2 aromatic carbocycles. The molecule has 0 aliphatic heterocycles. The van der Waals surface area contributed by atoms with Crippen LogP contribution in [0.1, 0.15) is 22.3 Å². The number of aryl methyl sites for hydroxylation is 2. The van der Waals surface area contributed by atoms with Crippen LogP contribution in [0.2, 0.25) is 0 Å². The second kappa shape index (κ2) is 7.88. The Morgan fingerprint density at radius 1 is 1.00 bits per heavy atom. The molecule has 2 rings (SSSR count). The maximum absolute atomic E-state index is 13.6. The van der Waals surface area contributed by atoms with Crippen LogP contribution < -0.4 is 5.32 Å². The number of amides is 1. The second-order valence-corrected chi connectivity index (χ2v) is 5.91. The molecule has 0 saturated carbocycles. The molecular formula is C19H19F2NO3. The molecule has 0 spiro atoms. The van der Waals surface area contributed by atoms with Gasteiger partial charge in [-0.05, 0) is 42.7 Å². The summed E-state index contributed by atoms with van der Waals surface area (Å²) in [7, 11) is 0. The Morgan fingerprint density at radius 3 is 2.04 bits per heavy atom. The fourth-order valence-electron chi connectivity index (χ4n) is 2.68. The molecule has 0 aromatic heterocycles. The summed E-state index contributed by atoms with van der Waals surface area (Å²) in [5.41, 5.74) is 2.28. The van der Waals surface area contributed by atoms with Gasteiger partial charge in [0.1, 0.15) is 17.7 Å². The molecule has 4 nitrogen and oxygen atoms in total. The van der Waals surface area contributed by atoms with Gasteiger partial charge in [-0.3, -0.25) is 4.79 Å². The number of carbonyl (C=O) groups excluding carboxylic acids is 1. The summed E-state index contributed by atoms with van der Waals surface area (Å²) < 4.78 is 27.2. The van der Waals surface area contributed by atoms with Gasteiger partial charge >= 0.3 is 5.97 Å². The summed E-state index contributed by atoms with van der Waals surface area (Å²) in [6.45, 7) is 3.72. The number of hydrogen-bond donors (Lipinski definition) is 2. The Balaban J connectivity index is 2.14. The van der Waals surface area contributed by atoms with Crippen LogP contribution in [0.15, 0.2) is 36.4 Å². The Morgan fingerprint density at radius 2 is 1.52 bits per heavy atom. The molecule has 0 unspecified atom stereocenters. The topological polar surface area (TPSA) is 66.4 Å². The molecule has 0 radical (unpaired) electrons. The van der Waals surface area contributed by atoms with E-state index in [4.69, 9.17) is 0 Å². The number of aliphatic carboxylic acids is 1. The summed E-state index contributed by atoms with van der Waals surface area (Å²) >= 11 is 0. The van der Waals surface area contributed by atoms with Crippen LogP contribution in [-0.4, -0.2) is 23.0 Å². The Kier molecular flexibility index (Phi) is 5.85. The number of carbonyl (C=O) groups is 2. The van der Waals surface area contributed by atoms with E-state index in [1.165, 1.54) is 6.07 Å². The highest BCUT2D eigenvalue weighted by molar-refractivity contribution is 5.85. The lowest BCUT2D eigenvalue weighted by atomic mass is 9.96. The molecule has 132 valence electrons. The lowest BCUT2D eigenvalue weighted by molar-refractivity contribution is -0.141. The number of carboxylic acid groups (broad SMARTS) is 1. The van der Waals surface area contributed by atoms with Crippen molar-refractivity contribution in [1.82, 2.24) is 5.32 Å². The number of nitrogens with one attached hydrogen (secondary N) is 1. The molecule has 25 heavy (non-hydrogen) atoms. The highest BCUT2D eigenvalue weighted by Crippen LogP contribution is 2.16. The average molecular weight is 347 g/mol. The number of halogens is 2. The summed E-state index contributed by atoms with van der Waals surface area (Å²) in [6, 6.07) is 7.71. The molecule has 2 N–H and O–H groups in total. The van der Waals surface area contributed by atoms with Gasteiger partial charge in [-0.2, -0.15) is 0 Å². The van der Waals surface area contributed by atoms with E-state index < -0.39 is 36.0 Å². The first-order valence-electron chi connectivity index (χ1n) is 7.79. The van der Waals surface area contributed by atoms with Gasteiger partial charge in [0, 0.05) is 12.0 Å². The van der Waals surface area contributed by atoms with E-state index >= 15 is 0 Å². The first-order valence-corrected chi connectivity index (χ1v) is 7.79. The lowest BCUT2D eigenvalue weighted by Gasteiger charge is -2.18. The first kappa shape index (κ1) is 18.6. The van der Waals surface area contributed by atoms with E-state index in [-0.39, 0.29) is 12.0 Å². The summed E-state index contributed by atoms with van der Waals surface area (Å²) in [4.78, 5) is 23.6. The molecular weight excluding hydrogens is 328 g/mol. The van der Waals surface area contributed by atoms with Gasteiger partial charge < -0.3 is 10.4 Å². The smallest absolute Gasteiger partial charge is 0.326 e. The van der Waals surface area contributed by atoms with Crippen molar-refractivity contribution < 1.29 is 23.5 Å². The lowest BCUT2D eigenvalue weighted by Crippen LogP contribution is -2.43. The van der Waals surface area contributed by atoms with E-state index in [0.29, 0.717) is 0 Å². The predicted molar refractivity (Wildman–Crippen MR) is 89.2 cm³/mol. The van der Waals surface area contributed by atoms with E-state index in [0.717, 1.165) is 28.8 Å². The Hall–Kier alpha value is -2.76. The number of carboxylic acids is 1.